The van der Waals surface area contributed by atoms with Gasteiger partial charge in [-0.25, -0.2) is 9.97 Å². The number of rotatable bonds is 3. The van der Waals surface area contributed by atoms with Gasteiger partial charge in [-0.2, -0.15) is 5.10 Å². The summed E-state index contributed by atoms with van der Waals surface area (Å²) in [5.74, 6) is 1.50. The van der Waals surface area contributed by atoms with E-state index in [4.69, 9.17) is 0 Å². The quantitative estimate of drug-likeness (QED) is 0.629. The first-order chi connectivity index (χ1) is 11.3. The normalized spacial score (nSPS) is 10.8. The van der Waals surface area contributed by atoms with E-state index >= 15 is 0 Å². The Labute approximate surface area is 132 Å². The van der Waals surface area contributed by atoms with Crippen LogP contribution in [0.25, 0.3) is 22.2 Å². The first-order valence-corrected chi connectivity index (χ1v) is 7.22. The molecule has 0 atom stereocenters. The lowest BCUT2D eigenvalue weighted by Gasteiger charge is -2.06. The molecule has 0 aliphatic rings. The van der Waals surface area contributed by atoms with Crippen molar-refractivity contribution in [2.24, 2.45) is 7.05 Å². The maximum atomic E-state index is 4.62. The molecule has 0 bridgehead atoms. The van der Waals surface area contributed by atoms with Crippen molar-refractivity contribution in [3.8, 4) is 11.1 Å². The van der Waals surface area contributed by atoms with Crippen LogP contribution in [-0.4, -0.2) is 24.7 Å². The SMILES string of the molecule is Cn1cc(-c2cnc3ccc(Nc4ccccn4)nc3c2)cn1. The summed E-state index contributed by atoms with van der Waals surface area (Å²) in [6, 6.07) is 11.6. The molecule has 6 heteroatoms. The third-order valence-corrected chi connectivity index (χ3v) is 3.50. The molecule has 4 aromatic rings. The number of anilines is 2. The van der Waals surface area contributed by atoms with Gasteiger partial charge in [0.2, 0.25) is 0 Å². The van der Waals surface area contributed by atoms with Gasteiger partial charge in [-0.1, -0.05) is 6.07 Å². The molecule has 4 aromatic heterocycles. The van der Waals surface area contributed by atoms with E-state index in [-0.39, 0.29) is 0 Å². The number of nitrogens with one attached hydrogen (secondary N) is 1. The molecule has 0 fully saturated rings. The minimum atomic E-state index is 0.737. The fourth-order valence-corrected chi connectivity index (χ4v) is 2.37. The summed E-state index contributed by atoms with van der Waals surface area (Å²) in [7, 11) is 1.89. The molecule has 0 spiro atoms. The van der Waals surface area contributed by atoms with Gasteiger partial charge in [0.25, 0.3) is 0 Å². The molecule has 1 N–H and O–H groups in total. The minimum absolute atomic E-state index is 0.737. The molecule has 0 radical (unpaired) electrons. The highest BCUT2D eigenvalue weighted by Gasteiger charge is 2.05. The molecule has 23 heavy (non-hydrogen) atoms. The van der Waals surface area contributed by atoms with Crippen molar-refractivity contribution in [2.75, 3.05) is 5.32 Å². The van der Waals surface area contributed by atoms with Gasteiger partial charge >= 0.3 is 0 Å². The predicted octanol–water partition coefficient (Wildman–Crippen LogP) is 3.17. The molecule has 4 heterocycles. The van der Waals surface area contributed by atoms with Gasteiger partial charge in [-0.15, -0.1) is 0 Å². The molecule has 0 unspecified atom stereocenters. The van der Waals surface area contributed by atoms with E-state index in [0.717, 1.165) is 33.8 Å². The van der Waals surface area contributed by atoms with E-state index in [1.807, 2.05) is 62.0 Å². The smallest absolute Gasteiger partial charge is 0.132 e. The zero-order chi connectivity index (χ0) is 15.6. The molecule has 0 saturated heterocycles. The molecule has 0 amide bonds. The highest BCUT2D eigenvalue weighted by molar-refractivity contribution is 5.81. The van der Waals surface area contributed by atoms with Crippen molar-refractivity contribution in [3.63, 3.8) is 0 Å². The molecule has 6 nitrogen and oxygen atoms in total. The Bertz CT molecular complexity index is 961. The van der Waals surface area contributed by atoms with Crippen LogP contribution in [0.1, 0.15) is 0 Å². The predicted molar refractivity (Wildman–Crippen MR) is 89.3 cm³/mol. The monoisotopic (exact) mass is 302 g/mol. The number of fused-ring (bicyclic) bond motifs is 1. The van der Waals surface area contributed by atoms with Gasteiger partial charge in [0.1, 0.15) is 11.6 Å². The van der Waals surface area contributed by atoms with Crippen molar-refractivity contribution in [1.29, 1.82) is 0 Å². The Balaban J connectivity index is 1.72. The third kappa shape index (κ3) is 2.74. The Kier molecular flexibility index (Phi) is 3.20. The summed E-state index contributed by atoms with van der Waals surface area (Å²) in [5, 5.41) is 7.39. The van der Waals surface area contributed by atoms with Crippen LogP contribution >= 0.6 is 0 Å². The molecule has 0 aliphatic heterocycles. The lowest BCUT2D eigenvalue weighted by atomic mass is 10.1. The first-order valence-electron chi connectivity index (χ1n) is 7.22. The van der Waals surface area contributed by atoms with Crippen LogP contribution in [0.2, 0.25) is 0 Å². The fourth-order valence-electron chi connectivity index (χ4n) is 2.37. The lowest BCUT2D eigenvalue weighted by Crippen LogP contribution is -1.96. The summed E-state index contributed by atoms with van der Waals surface area (Å²) >= 11 is 0. The average Bonchev–Trinajstić information content (AvgIpc) is 3.02. The highest BCUT2D eigenvalue weighted by Crippen LogP contribution is 2.23. The van der Waals surface area contributed by atoms with Crippen LogP contribution in [0.15, 0.2) is 61.2 Å². The van der Waals surface area contributed by atoms with Crippen LogP contribution in [0.4, 0.5) is 11.6 Å². The number of aromatic nitrogens is 5. The van der Waals surface area contributed by atoms with Crippen molar-refractivity contribution < 1.29 is 0 Å². The molecule has 112 valence electrons. The first kappa shape index (κ1) is 13.4. The second-order valence-corrected chi connectivity index (χ2v) is 5.20. The minimum Gasteiger partial charge on any atom is -0.325 e. The van der Waals surface area contributed by atoms with E-state index in [1.165, 1.54) is 0 Å². The van der Waals surface area contributed by atoms with E-state index in [0.29, 0.717) is 0 Å². The van der Waals surface area contributed by atoms with Gasteiger partial charge in [0.05, 0.1) is 17.2 Å². The fraction of sp³-hybridized carbons (Fsp3) is 0.0588. The third-order valence-electron chi connectivity index (χ3n) is 3.50. The Hall–Kier alpha value is -3.28. The Morgan fingerprint density at radius 3 is 2.65 bits per heavy atom. The maximum Gasteiger partial charge on any atom is 0.132 e. The maximum absolute atomic E-state index is 4.62. The highest BCUT2D eigenvalue weighted by atomic mass is 15.2. The van der Waals surface area contributed by atoms with Crippen molar-refractivity contribution in [3.05, 3.63) is 61.2 Å². The second-order valence-electron chi connectivity index (χ2n) is 5.20. The molecule has 0 saturated carbocycles. The van der Waals surface area contributed by atoms with E-state index < -0.39 is 0 Å². The Morgan fingerprint density at radius 2 is 1.87 bits per heavy atom. The van der Waals surface area contributed by atoms with Gasteiger partial charge in [-0.05, 0) is 30.3 Å². The standard InChI is InChI=1S/C17H14N6/c1-23-11-13(10-20-23)12-8-15-14(19-9-12)5-6-17(21-15)22-16-4-2-3-7-18-16/h2-11H,1H3,(H,18,21,22). The topological polar surface area (TPSA) is 68.5 Å². The largest absolute Gasteiger partial charge is 0.325 e. The molecular formula is C17H14N6. The molecule has 4 rings (SSSR count). The zero-order valence-electron chi connectivity index (χ0n) is 12.5. The molecular weight excluding hydrogens is 288 g/mol. The number of nitrogens with zero attached hydrogens (tertiary/aromatic N) is 5. The van der Waals surface area contributed by atoms with Crippen LogP contribution in [-0.2, 0) is 7.05 Å². The van der Waals surface area contributed by atoms with Gasteiger partial charge in [-0.3, -0.25) is 9.67 Å². The number of hydrogen-bond acceptors (Lipinski definition) is 5. The molecule has 0 aliphatic carbocycles. The number of pyridine rings is 3. The number of aryl methyl sites for hydroxylation is 1. The summed E-state index contributed by atoms with van der Waals surface area (Å²) in [6.07, 6.45) is 7.36. The zero-order valence-corrected chi connectivity index (χ0v) is 12.5. The van der Waals surface area contributed by atoms with Gasteiger partial charge in [0.15, 0.2) is 0 Å². The van der Waals surface area contributed by atoms with Crippen LogP contribution in [0, 0.1) is 0 Å². The van der Waals surface area contributed by atoms with E-state index in [2.05, 4.69) is 25.4 Å². The van der Waals surface area contributed by atoms with Crippen LogP contribution in [0.5, 0.6) is 0 Å². The average molecular weight is 302 g/mol. The van der Waals surface area contributed by atoms with Crippen molar-refractivity contribution in [1.82, 2.24) is 24.7 Å². The number of hydrogen-bond donors (Lipinski definition) is 1. The van der Waals surface area contributed by atoms with Crippen molar-refractivity contribution >= 4 is 22.7 Å². The van der Waals surface area contributed by atoms with Gasteiger partial charge < -0.3 is 5.32 Å². The summed E-state index contributed by atoms with van der Waals surface area (Å²) in [5.41, 5.74) is 3.69. The summed E-state index contributed by atoms with van der Waals surface area (Å²) < 4.78 is 1.77. The summed E-state index contributed by atoms with van der Waals surface area (Å²) in [6.45, 7) is 0. The molecule has 0 aromatic carbocycles. The van der Waals surface area contributed by atoms with Crippen molar-refractivity contribution in [2.45, 2.75) is 0 Å². The van der Waals surface area contributed by atoms with E-state index in [9.17, 15) is 0 Å². The van der Waals surface area contributed by atoms with Crippen LogP contribution < -0.4 is 5.32 Å². The summed E-state index contributed by atoms with van der Waals surface area (Å²) in [4.78, 5) is 13.3. The lowest BCUT2D eigenvalue weighted by molar-refractivity contribution is 0.768. The Morgan fingerprint density at radius 1 is 0.913 bits per heavy atom. The van der Waals surface area contributed by atoms with E-state index in [1.54, 1.807) is 10.9 Å². The van der Waals surface area contributed by atoms with Crippen LogP contribution in [0.3, 0.4) is 0 Å². The van der Waals surface area contributed by atoms with Gasteiger partial charge in [0, 0.05) is 36.8 Å². The second kappa shape index (κ2) is 5.49.